The fraction of sp³-hybridized carbons (Fsp3) is 0.364. The Labute approximate surface area is 156 Å². The molecule has 0 aromatic heterocycles. The van der Waals surface area contributed by atoms with Crippen molar-refractivity contribution < 1.29 is 0 Å². The fourth-order valence-electron chi connectivity index (χ4n) is 2.83. The third-order valence-corrected chi connectivity index (χ3v) is 4.73. The van der Waals surface area contributed by atoms with Gasteiger partial charge in [-0.05, 0) is 69.4 Å². The highest BCUT2D eigenvalue weighted by atomic mass is 15.1. The van der Waals surface area contributed by atoms with Gasteiger partial charge in [-0.2, -0.15) is 10.5 Å². The van der Waals surface area contributed by atoms with Gasteiger partial charge in [0.1, 0.15) is 0 Å². The third kappa shape index (κ3) is 6.01. The molecule has 0 spiro atoms. The number of nitriles is 2. The summed E-state index contributed by atoms with van der Waals surface area (Å²) in [5.74, 6) is 0. The molecule has 0 aliphatic carbocycles. The molecule has 4 nitrogen and oxygen atoms in total. The van der Waals surface area contributed by atoms with Crippen LogP contribution in [0.1, 0.15) is 35.6 Å². The summed E-state index contributed by atoms with van der Waals surface area (Å²) in [7, 11) is 4.27. The van der Waals surface area contributed by atoms with E-state index in [1.807, 2.05) is 48.5 Å². The molecule has 1 atom stereocenters. The molecule has 0 bridgehead atoms. The Morgan fingerprint density at radius 3 is 1.73 bits per heavy atom. The molecule has 2 aromatic carbocycles. The van der Waals surface area contributed by atoms with Gasteiger partial charge in [0, 0.05) is 19.1 Å². The van der Waals surface area contributed by atoms with Crippen molar-refractivity contribution in [1.29, 1.82) is 10.5 Å². The molecule has 0 heterocycles. The zero-order valence-corrected chi connectivity index (χ0v) is 15.8. The van der Waals surface area contributed by atoms with Gasteiger partial charge in [-0.25, -0.2) is 0 Å². The summed E-state index contributed by atoms with van der Waals surface area (Å²) in [6.07, 6.45) is 1.08. The second-order valence-corrected chi connectivity index (χ2v) is 6.91. The van der Waals surface area contributed by atoms with Crippen LogP contribution >= 0.6 is 0 Å². The Balaban J connectivity index is 1.77. The average molecular weight is 346 g/mol. The largest absolute Gasteiger partial charge is 0.302 e. The predicted octanol–water partition coefficient (Wildman–Crippen LogP) is 3.77. The first-order valence-corrected chi connectivity index (χ1v) is 8.88. The van der Waals surface area contributed by atoms with E-state index in [9.17, 15) is 0 Å². The van der Waals surface area contributed by atoms with E-state index >= 15 is 0 Å². The molecule has 0 N–H and O–H groups in total. The van der Waals surface area contributed by atoms with Crippen LogP contribution < -0.4 is 0 Å². The van der Waals surface area contributed by atoms with Gasteiger partial charge in [-0.3, -0.25) is 4.90 Å². The van der Waals surface area contributed by atoms with Crippen molar-refractivity contribution in [3.8, 4) is 12.1 Å². The first-order chi connectivity index (χ1) is 12.5. The Morgan fingerprint density at radius 1 is 0.808 bits per heavy atom. The van der Waals surface area contributed by atoms with E-state index in [0.29, 0.717) is 17.2 Å². The number of hydrogen-bond acceptors (Lipinski definition) is 4. The Hall–Kier alpha value is -2.66. The maximum Gasteiger partial charge on any atom is 0.0991 e. The van der Waals surface area contributed by atoms with Crippen molar-refractivity contribution >= 4 is 0 Å². The van der Waals surface area contributed by atoms with E-state index in [2.05, 4.69) is 43.0 Å². The summed E-state index contributed by atoms with van der Waals surface area (Å²) < 4.78 is 0. The molecule has 0 unspecified atom stereocenters. The SMILES string of the molecule is C[C@@H](CCN(C)Cc1ccc(C#N)cc1)N(C)Cc1ccc(C#N)cc1. The summed E-state index contributed by atoms with van der Waals surface area (Å²) in [5.41, 5.74) is 3.86. The second kappa shape index (κ2) is 9.73. The van der Waals surface area contributed by atoms with Crippen LogP contribution in [0, 0.1) is 22.7 Å². The Bertz CT molecular complexity index is 766. The van der Waals surface area contributed by atoms with Crippen LogP contribution in [0.4, 0.5) is 0 Å². The molecule has 2 aromatic rings. The molecule has 0 saturated heterocycles. The molecule has 2 rings (SSSR count). The van der Waals surface area contributed by atoms with Crippen LogP contribution in [-0.4, -0.2) is 36.5 Å². The quantitative estimate of drug-likeness (QED) is 0.730. The first kappa shape index (κ1) is 19.7. The lowest BCUT2D eigenvalue weighted by Crippen LogP contribution is -2.32. The van der Waals surface area contributed by atoms with Crippen LogP contribution in [0.2, 0.25) is 0 Å². The minimum atomic E-state index is 0.467. The number of rotatable bonds is 8. The molecule has 134 valence electrons. The lowest BCUT2D eigenvalue weighted by molar-refractivity contribution is 0.209. The standard InChI is InChI=1S/C22H26N4/c1-18(26(3)17-22-10-6-20(15-24)7-11-22)12-13-25(2)16-21-8-4-19(14-23)5-9-21/h4-11,18H,12-13,16-17H2,1-3H3/t18-/m0/s1. The molecule has 26 heavy (non-hydrogen) atoms. The molecular formula is C22H26N4. The second-order valence-electron chi connectivity index (χ2n) is 6.91. The number of benzene rings is 2. The molecular weight excluding hydrogens is 320 g/mol. The highest BCUT2D eigenvalue weighted by Gasteiger charge is 2.11. The van der Waals surface area contributed by atoms with Crippen LogP contribution in [0.3, 0.4) is 0 Å². The fourth-order valence-corrected chi connectivity index (χ4v) is 2.83. The maximum absolute atomic E-state index is 8.87. The summed E-state index contributed by atoms with van der Waals surface area (Å²) in [6, 6.07) is 20.4. The molecule has 0 aliphatic heterocycles. The van der Waals surface area contributed by atoms with Crippen LogP contribution in [0.5, 0.6) is 0 Å². The minimum absolute atomic E-state index is 0.467. The zero-order chi connectivity index (χ0) is 18.9. The zero-order valence-electron chi connectivity index (χ0n) is 15.8. The predicted molar refractivity (Wildman–Crippen MR) is 104 cm³/mol. The summed E-state index contributed by atoms with van der Waals surface area (Å²) in [4.78, 5) is 4.66. The van der Waals surface area contributed by atoms with Crippen molar-refractivity contribution in [2.45, 2.75) is 32.5 Å². The first-order valence-electron chi connectivity index (χ1n) is 8.88. The Kier molecular flexibility index (Phi) is 7.36. The van der Waals surface area contributed by atoms with Gasteiger partial charge in [0.15, 0.2) is 0 Å². The maximum atomic E-state index is 8.87. The highest BCUT2D eigenvalue weighted by Crippen LogP contribution is 2.11. The lowest BCUT2D eigenvalue weighted by Gasteiger charge is -2.27. The topological polar surface area (TPSA) is 54.1 Å². The van der Waals surface area contributed by atoms with Crippen LogP contribution in [-0.2, 0) is 13.1 Å². The van der Waals surface area contributed by atoms with Gasteiger partial charge < -0.3 is 4.90 Å². The molecule has 4 heteroatoms. The van der Waals surface area contributed by atoms with Gasteiger partial charge in [-0.15, -0.1) is 0 Å². The normalized spacial score (nSPS) is 12.0. The van der Waals surface area contributed by atoms with Crippen LogP contribution in [0.15, 0.2) is 48.5 Å². The van der Waals surface area contributed by atoms with Gasteiger partial charge in [0.05, 0.1) is 23.3 Å². The smallest absolute Gasteiger partial charge is 0.0991 e. The highest BCUT2D eigenvalue weighted by molar-refractivity contribution is 5.32. The van der Waals surface area contributed by atoms with E-state index in [-0.39, 0.29) is 0 Å². The average Bonchev–Trinajstić information content (AvgIpc) is 2.67. The van der Waals surface area contributed by atoms with Crippen LogP contribution in [0.25, 0.3) is 0 Å². The van der Waals surface area contributed by atoms with Crippen molar-refractivity contribution in [3.05, 3.63) is 70.8 Å². The van der Waals surface area contributed by atoms with E-state index in [4.69, 9.17) is 10.5 Å². The van der Waals surface area contributed by atoms with Crippen molar-refractivity contribution in [1.82, 2.24) is 9.80 Å². The number of nitrogens with zero attached hydrogens (tertiary/aromatic N) is 4. The third-order valence-electron chi connectivity index (χ3n) is 4.73. The molecule has 0 amide bonds. The molecule has 0 radical (unpaired) electrons. The van der Waals surface area contributed by atoms with E-state index < -0.39 is 0 Å². The van der Waals surface area contributed by atoms with Crippen molar-refractivity contribution in [2.24, 2.45) is 0 Å². The molecule has 0 fully saturated rings. The van der Waals surface area contributed by atoms with E-state index in [1.165, 1.54) is 11.1 Å². The van der Waals surface area contributed by atoms with Gasteiger partial charge in [0.2, 0.25) is 0 Å². The Morgan fingerprint density at radius 2 is 1.27 bits per heavy atom. The summed E-state index contributed by atoms with van der Waals surface area (Å²) in [5, 5.41) is 17.7. The minimum Gasteiger partial charge on any atom is -0.302 e. The lowest BCUT2D eigenvalue weighted by atomic mass is 10.1. The summed E-state index contributed by atoms with van der Waals surface area (Å²) >= 11 is 0. The molecule has 0 saturated carbocycles. The van der Waals surface area contributed by atoms with E-state index in [1.54, 1.807) is 0 Å². The summed E-state index contributed by atoms with van der Waals surface area (Å²) in [6.45, 7) is 5.03. The van der Waals surface area contributed by atoms with Gasteiger partial charge in [-0.1, -0.05) is 24.3 Å². The van der Waals surface area contributed by atoms with Gasteiger partial charge >= 0.3 is 0 Å². The van der Waals surface area contributed by atoms with Gasteiger partial charge in [0.25, 0.3) is 0 Å². The number of hydrogen-bond donors (Lipinski definition) is 0. The van der Waals surface area contributed by atoms with Crippen molar-refractivity contribution in [3.63, 3.8) is 0 Å². The molecule has 0 aliphatic rings. The van der Waals surface area contributed by atoms with E-state index in [0.717, 1.165) is 26.1 Å². The monoisotopic (exact) mass is 346 g/mol. The van der Waals surface area contributed by atoms with Crippen molar-refractivity contribution in [2.75, 3.05) is 20.6 Å².